The van der Waals surface area contributed by atoms with Crippen molar-refractivity contribution >= 4 is 5.69 Å². The third-order valence-corrected chi connectivity index (χ3v) is 4.68. The van der Waals surface area contributed by atoms with Crippen LogP contribution in [0.25, 0.3) is 0 Å². The average molecular weight is 274 g/mol. The molecule has 0 aromatic heterocycles. The largest absolute Gasteiger partial charge is 0.493 e. The highest BCUT2D eigenvalue weighted by Crippen LogP contribution is 2.32. The highest BCUT2D eigenvalue weighted by molar-refractivity contribution is 5.57. The van der Waals surface area contributed by atoms with E-state index in [1.54, 1.807) is 0 Å². The maximum atomic E-state index is 6.11. The Hall–Kier alpha value is -1.22. The van der Waals surface area contributed by atoms with Crippen LogP contribution in [0.4, 0.5) is 5.69 Å². The summed E-state index contributed by atoms with van der Waals surface area (Å²) < 4.78 is 6.11. The molecule has 0 bridgehead atoms. The fourth-order valence-corrected chi connectivity index (χ4v) is 3.44. The van der Waals surface area contributed by atoms with E-state index >= 15 is 0 Å². The summed E-state index contributed by atoms with van der Waals surface area (Å²) in [4.78, 5) is 2.54. The first-order valence-electron chi connectivity index (χ1n) is 7.90. The Balaban J connectivity index is 1.61. The van der Waals surface area contributed by atoms with Gasteiger partial charge in [-0.2, -0.15) is 0 Å². The zero-order valence-corrected chi connectivity index (χ0v) is 12.7. The number of nitrogens with zero attached hydrogens (tertiary/aromatic N) is 1. The van der Waals surface area contributed by atoms with Crippen LogP contribution in [-0.4, -0.2) is 37.7 Å². The zero-order valence-electron chi connectivity index (χ0n) is 12.7. The summed E-state index contributed by atoms with van der Waals surface area (Å²) in [7, 11) is 0. The minimum atomic E-state index is 0.297. The summed E-state index contributed by atoms with van der Waals surface area (Å²) in [6, 6.07) is 6.46. The van der Waals surface area contributed by atoms with Crippen LogP contribution in [0.15, 0.2) is 18.2 Å². The van der Waals surface area contributed by atoms with Gasteiger partial charge >= 0.3 is 0 Å². The molecule has 0 amide bonds. The summed E-state index contributed by atoms with van der Waals surface area (Å²) in [6.45, 7) is 10.1. The number of benzene rings is 1. The molecule has 0 spiro atoms. The van der Waals surface area contributed by atoms with E-state index < -0.39 is 0 Å². The first kappa shape index (κ1) is 13.7. The number of likely N-dealkylation sites (tertiary alicyclic amines) is 1. The number of fused-ring (bicyclic) bond motifs is 1. The SMILES string of the molecule is CCN1CCCC(C)(COc2ccc3c(c2)CCN3)C1. The third-order valence-electron chi connectivity index (χ3n) is 4.68. The lowest BCUT2D eigenvalue weighted by Gasteiger charge is -2.39. The van der Waals surface area contributed by atoms with Gasteiger partial charge in [0.25, 0.3) is 0 Å². The van der Waals surface area contributed by atoms with Crippen LogP contribution in [0.5, 0.6) is 5.75 Å². The fourth-order valence-electron chi connectivity index (χ4n) is 3.44. The Kier molecular flexibility index (Phi) is 3.88. The van der Waals surface area contributed by atoms with Crippen molar-refractivity contribution in [3.05, 3.63) is 23.8 Å². The van der Waals surface area contributed by atoms with Crippen LogP contribution in [0, 0.1) is 5.41 Å². The first-order chi connectivity index (χ1) is 9.68. The smallest absolute Gasteiger partial charge is 0.119 e. The van der Waals surface area contributed by atoms with Gasteiger partial charge in [0.15, 0.2) is 0 Å². The summed E-state index contributed by atoms with van der Waals surface area (Å²) in [5.41, 5.74) is 2.97. The number of hydrogen-bond donors (Lipinski definition) is 1. The zero-order chi connectivity index (χ0) is 14.0. The molecular formula is C17H26N2O. The number of hydrogen-bond acceptors (Lipinski definition) is 3. The van der Waals surface area contributed by atoms with Gasteiger partial charge in [-0.1, -0.05) is 13.8 Å². The molecule has 1 saturated heterocycles. The predicted octanol–water partition coefficient (Wildman–Crippen LogP) is 3.16. The number of ether oxygens (including phenoxy) is 1. The maximum Gasteiger partial charge on any atom is 0.119 e. The molecule has 3 nitrogen and oxygen atoms in total. The third kappa shape index (κ3) is 2.93. The van der Waals surface area contributed by atoms with Gasteiger partial charge < -0.3 is 15.0 Å². The van der Waals surface area contributed by atoms with E-state index in [4.69, 9.17) is 4.74 Å². The van der Waals surface area contributed by atoms with Crippen molar-refractivity contribution in [2.24, 2.45) is 5.41 Å². The van der Waals surface area contributed by atoms with E-state index in [1.165, 1.54) is 30.6 Å². The molecule has 1 unspecified atom stereocenters. The normalized spacial score (nSPS) is 26.1. The van der Waals surface area contributed by atoms with Gasteiger partial charge in [-0.25, -0.2) is 0 Å². The van der Waals surface area contributed by atoms with Gasteiger partial charge in [0, 0.05) is 24.2 Å². The van der Waals surface area contributed by atoms with Gasteiger partial charge in [0.1, 0.15) is 5.75 Å². The van der Waals surface area contributed by atoms with Crippen LogP contribution in [0.2, 0.25) is 0 Å². The molecule has 110 valence electrons. The van der Waals surface area contributed by atoms with Gasteiger partial charge in [0.2, 0.25) is 0 Å². The summed E-state index contributed by atoms with van der Waals surface area (Å²) in [6.07, 6.45) is 3.69. The Labute approximate surface area is 122 Å². The molecule has 1 aromatic rings. The van der Waals surface area contributed by atoms with Crippen LogP contribution in [-0.2, 0) is 6.42 Å². The Bertz CT molecular complexity index is 474. The monoisotopic (exact) mass is 274 g/mol. The van der Waals surface area contributed by atoms with Crippen molar-refractivity contribution in [2.75, 3.05) is 38.1 Å². The number of anilines is 1. The summed E-state index contributed by atoms with van der Waals surface area (Å²) >= 11 is 0. The lowest BCUT2D eigenvalue weighted by Crippen LogP contribution is -2.44. The standard InChI is InChI=1S/C17H26N2O/c1-3-19-10-4-8-17(2,12-19)13-20-15-5-6-16-14(11-15)7-9-18-16/h5-6,11,18H,3-4,7-10,12-13H2,1-2H3. The maximum absolute atomic E-state index is 6.11. The van der Waals surface area contributed by atoms with E-state index in [1.807, 2.05) is 0 Å². The molecule has 1 aromatic carbocycles. The number of rotatable bonds is 4. The van der Waals surface area contributed by atoms with E-state index in [2.05, 4.69) is 42.3 Å². The van der Waals surface area contributed by atoms with Gasteiger partial charge in [-0.3, -0.25) is 0 Å². The fraction of sp³-hybridized carbons (Fsp3) is 0.647. The molecule has 1 N–H and O–H groups in total. The lowest BCUT2D eigenvalue weighted by molar-refractivity contribution is 0.0592. The summed E-state index contributed by atoms with van der Waals surface area (Å²) in [5, 5.41) is 3.39. The number of nitrogens with one attached hydrogen (secondary N) is 1. The highest BCUT2D eigenvalue weighted by Gasteiger charge is 2.31. The molecule has 0 radical (unpaired) electrons. The summed E-state index contributed by atoms with van der Waals surface area (Å²) in [5.74, 6) is 1.03. The van der Waals surface area contributed by atoms with E-state index in [0.29, 0.717) is 5.41 Å². The van der Waals surface area contributed by atoms with Gasteiger partial charge in [-0.05, 0) is 56.1 Å². The Morgan fingerprint density at radius 2 is 2.30 bits per heavy atom. The Morgan fingerprint density at radius 1 is 1.40 bits per heavy atom. The van der Waals surface area contributed by atoms with Crippen molar-refractivity contribution in [1.29, 1.82) is 0 Å². The molecule has 2 heterocycles. The predicted molar refractivity (Wildman–Crippen MR) is 83.6 cm³/mol. The van der Waals surface area contributed by atoms with E-state index in [-0.39, 0.29) is 0 Å². The van der Waals surface area contributed by atoms with Crippen LogP contribution < -0.4 is 10.1 Å². The van der Waals surface area contributed by atoms with E-state index in [9.17, 15) is 0 Å². The molecule has 0 saturated carbocycles. The second-order valence-electron chi connectivity index (χ2n) is 6.57. The molecule has 2 aliphatic rings. The van der Waals surface area contributed by atoms with Gasteiger partial charge in [-0.15, -0.1) is 0 Å². The minimum absolute atomic E-state index is 0.297. The first-order valence-corrected chi connectivity index (χ1v) is 7.90. The van der Waals surface area contributed by atoms with Crippen LogP contribution in [0.3, 0.4) is 0 Å². The highest BCUT2D eigenvalue weighted by atomic mass is 16.5. The second kappa shape index (κ2) is 5.65. The average Bonchev–Trinajstić information content (AvgIpc) is 2.93. The molecule has 3 heteroatoms. The van der Waals surface area contributed by atoms with Crippen LogP contribution >= 0.6 is 0 Å². The van der Waals surface area contributed by atoms with Crippen LogP contribution in [0.1, 0.15) is 32.3 Å². The lowest BCUT2D eigenvalue weighted by atomic mass is 9.83. The van der Waals surface area contributed by atoms with Crippen molar-refractivity contribution < 1.29 is 4.74 Å². The molecule has 2 aliphatic heterocycles. The Morgan fingerprint density at radius 3 is 3.15 bits per heavy atom. The van der Waals surface area contributed by atoms with Crippen molar-refractivity contribution in [1.82, 2.24) is 4.90 Å². The molecule has 1 atom stereocenters. The minimum Gasteiger partial charge on any atom is -0.493 e. The topological polar surface area (TPSA) is 24.5 Å². The van der Waals surface area contributed by atoms with Crippen molar-refractivity contribution in [3.8, 4) is 5.75 Å². The molecule has 0 aliphatic carbocycles. The van der Waals surface area contributed by atoms with Crippen molar-refractivity contribution in [3.63, 3.8) is 0 Å². The van der Waals surface area contributed by atoms with Crippen molar-refractivity contribution in [2.45, 2.75) is 33.1 Å². The van der Waals surface area contributed by atoms with E-state index in [0.717, 1.165) is 38.4 Å². The number of piperidine rings is 1. The molecular weight excluding hydrogens is 248 g/mol. The molecule has 1 fully saturated rings. The molecule has 20 heavy (non-hydrogen) atoms. The quantitative estimate of drug-likeness (QED) is 0.913. The molecule has 3 rings (SSSR count). The second-order valence-corrected chi connectivity index (χ2v) is 6.57. The van der Waals surface area contributed by atoms with Gasteiger partial charge in [0.05, 0.1) is 6.61 Å².